The lowest BCUT2D eigenvalue weighted by Gasteiger charge is -2.35. The van der Waals surface area contributed by atoms with Crippen molar-refractivity contribution in [3.05, 3.63) is 29.3 Å². The van der Waals surface area contributed by atoms with Crippen LogP contribution in [0, 0.1) is 16.7 Å². The molecule has 114 valence electrons. The molecule has 21 heavy (non-hydrogen) atoms. The van der Waals surface area contributed by atoms with Crippen LogP contribution in [0.4, 0.5) is 0 Å². The lowest BCUT2D eigenvalue weighted by Crippen LogP contribution is -2.34. The second-order valence-corrected chi connectivity index (χ2v) is 7.09. The smallest absolute Gasteiger partial charge is 0.119 e. The van der Waals surface area contributed by atoms with E-state index in [1.807, 2.05) is 12.1 Å². The van der Waals surface area contributed by atoms with Gasteiger partial charge in [-0.15, -0.1) is 0 Å². The quantitative estimate of drug-likeness (QED) is 0.893. The Labute approximate surface area is 126 Å². The van der Waals surface area contributed by atoms with E-state index < -0.39 is 0 Å². The molecule has 1 fully saturated rings. The van der Waals surface area contributed by atoms with E-state index in [1.54, 1.807) is 0 Å². The Morgan fingerprint density at radius 1 is 1.33 bits per heavy atom. The predicted molar refractivity (Wildman–Crippen MR) is 84.2 cm³/mol. The zero-order valence-corrected chi connectivity index (χ0v) is 13.0. The average molecular weight is 287 g/mol. The van der Waals surface area contributed by atoms with Gasteiger partial charge in [0.25, 0.3) is 0 Å². The molecule has 1 aromatic rings. The van der Waals surface area contributed by atoms with Gasteiger partial charge < -0.3 is 15.3 Å². The summed E-state index contributed by atoms with van der Waals surface area (Å²) in [6, 6.07) is 6.20. The third-order valence-electron chi connectivity index (χ3n) is 4.91. The first-order valence-electron chi connectivity index (χ1n) is 8.03. The van der Waals surface area contributed by atoms with Crippen molar-refractivity contribution in [2.75, 3.05) is 6.61 Å². The molecule has 2 aliphatic carbocycles. The summed E-state index contributed by atoms with van der Waals surface area (Å²) < 4.78 is 5.80. The number of aliphatic hydroxyl groups excluding tert-OH is 1. The molecule has 1 spiro atoms. The van der Waals surface area contributed by atoms with Gasteiger partial charge in [0, 0.05) is 16.7 Å². The van der Waals surface area contributed by atoms with E-state index in [0.717, 1.165) is 49.1 Å². The molecular weight excluding hydrogens is 262 g/mol. The minimum absolute atomic E-state index is 0.0295. The fraction of sp³-hybridized carbons (Fsp3) is 0.611. The fourth-order valence-electron chi connectivity index (χ4n) is 3.62. The van der Waals surface area contributed by atoms with Crippen LogP contribution >= 0.6 is 0 Å². The molecule has 0 amide bonds. The third kappa shape index (κ3) is 2.71. The highest BCUT2D eigenvalue weighted by atomic mass is 16.5. The average Bonchev–Trinajstić information content (AvgIpc) is 2.73. The van der Waals surface area contributed by atoms with Crippen LogP contribution in [0.3, 0.4) is 0 Å². The summed E-state index contributed by atoms with van der Waals surface area (Å²) in [4.78, 5) is 0. The first kappa shape index (κ1) is 14.6. The standard InChI is InChI=1S/C18H25NO2/c1-12(2)11-21-15-4-3-13-10-18(17(19)16(13)9-15)7-5-14(20)6-8-18/h3-4,9,12,14,19-20H,5-8,10-11H2,1-2H3. The second kappa shape index (κ2) is 5.45. The minimum atomic E-state index is -0.169. The van der Waals surface area contributed by atoms with Crippen molar-refractivity contribution < 1.29 is 9.84 Å². The van der Waals surface area contributed by atoms with Crippen LogP contribution < -0.4 is 4.74 Å². The Hall–Kier alpha value is -1.35. The topological polar surface area (TPSA) is 53.3 Å². The van der Waals surface area contributed by atoms with E-state index >= 15 is 0 Å². The fourth-order valence-corrected chi connectivity index (χ4v) is 3.62. The van der Waals surface area contributed by atoms with E-state index in [-0.39, 0.29) is 11.5 Å². The van der Waals surface area contributed by atoms with Gasteiger partial charge in [-0.2, -0.15) is 0 Å². The molecule has 1 aromatic carbocycles. The molecule has 3 rings (SSSR count). The molecule has 0 heterocycles. The van der Waals surface area contributed by atoms with E-state index in [4.69, 9.17) is 10.1 Å². The molecule has 3 nitrogen and oxygen atoms in total. The van der Waals surface area contributed by atoms with Crippen LogP contribution in [0.25, 0.3) is 0 Å². The molecular formula is C18H25NO2. The summed E-state index contributed by atoms with van der Waals surface area (Å²) in [6.45, 7) is 4.99. The zero-order valence-electron chi connectivity index (χ0n) is 13.0. The van der Waals surface area contributed by atoms with Gasteiger partial charge in [0.2, 0.25) is 0 Å². The maximum Gasteiger partial charge on any atom is 0.119 e. The van der Waals surface area contributed by atoms with E-state index in [9.17, 15) is 5.11 Å². The lowest BCUT2D eigenvalue weighted by atomic mass is 9.70. The molecule has 0 unspecified atom stereocenters. The van der Waals surface area contributed by atoms with Gasteiger partial charge in [-0.25, -0.2) is 0 Å². The third-order valence-corrected chi connectivity index (χ3v) is 4.91. The largest absolute Gasteiger partial charge is 0.493 e. The van der Waals surface area contributed by atoms with Crippen molar-refractivity contribution in [3.63, 3.8) is 0 Å². The second-order valence-electron chi connectivity index (χ2n) is 7.09. The number of aliphatic hydroxyl groups is 1. The molecule has 0 aromatic heterocycles. The Morgan fingerprint density at radius 2 is 2.05 bits per heavy atom. The normalized spacial score (nSPS) is 28.2. The molecule has 1 saturated carbocycles. The molecule has 2 N–H and O–H groups in total. The number of fused-ring (bicyclic) bond motifs is 1. The Kier molecular flexibility index (Phi) is 3.78. The molecule has 0 saturated heterocycles. The molecule has 3 heteroatoms. The van der Waals surface area contributed by atoms with Gasteiger partial charge in [-0.1, -0.05) is 19.9 Å². The number of hydrogen-bond acceptors (Lipinski definition) is 3. The first-order valence-corrected chi connectivity index (χ1v) is 8.03. The summed E-state index contributed by atoms with van der Waals surface area (Å²) in [6.07, 6.45) is 4.31. The summed E-state index contributed by atoms with van der Waals surface area (Å²) in [5.41, 5.74) is 3.07. The van der Waals surface area contributed by atoms with Crippen molar-refractivity contribution in [2.45, 2.75) is 52.1 Å². The highest BCUT2D eigenvalue weighted by Gasteiger charge is 2.44. The van der Waals surface area contributed by atoms with Crippen molar-refractivity contribution >= 4 is 5.71 Å². The van der Waals surface area contributed by atoms with Crippen LogP contribution in [-0.4, -0.2) is 23.5 Å². The highest BCUT2D eigenvalue weighted by Crippen LogP contribution is 2.47. The van der Waals surface area contributed by atoms with Gasteiger partial charge in [-0.05, 0) is 55.7 Å². The van der Waals surface area contributed by atoms with E-state index in [2.05, 4.69) is 19.9 Å². The summed E-state index contributed by atoms with van der Waals surface area (Å²) in [5.74, 6) is 1.38. The van der Waals surface area contributed by atoms with Crippen LogP contribution in [-0.2, 0) is 6.42 Å². The summed E-state index contributed by atoms with van der Waals surface area (Å²) >= 11 is 0. The number of hydrogen-bond donors (Lipinski definition) is 2. The molecule has 2 aliphatic rings. The molecule has 0 atom stereocenters. The number of nitrogens with one attached hydrogen (secondary N) is 1. The predicted octanol–water partition coefficient (Wildman–Crippen LogP) is 3.57. The Morgan fingerprint density at radius 3 is 2.71 bits per heavy atom. The Bertz CT molecular complexity index is 542. The zero-order chi connectivity index (χ0) is 15.0. The lowest BCUT2D eigenvalue weighted by molar-refractivity contribution is 0.0931. The van der Waals surface area contributed by atoms with E-state index in [0.29, 0.717) is 12.5 Å². The van der Waals surface area contributed by atoms with Crippen molar-refractivity contribution in [1.82, 2.24) is 0 Å². The minimum Gasteiger partial charge on any atom is -0.493 e. The first-order chi connectivity index (χ1) is 10.00. The summed E-state index contributed by atoms with van der Waals surface area (Å²) in [5, 5.41) is 18.3. The molecule has 0 bridgehead atoms. The van der Waals surface area contributed by atoms with Gasteiger partial charge in [0.05, 0.1) is 12.7 Å². The highest BCUT2D eigenvalue weighted by molar-refractivity contribution is 6.07. The van der Waals surface area contributed by atoms with E-state index in [1.165, 1.54) is 5.56 Å². The van der Waals surface area contributed by atoms with Gasteiger partial charge >= 0.3 is 0 Å². The molecule has 0 aliphatic heterocycles. The maximum atomic E-state index is 9.73. The Balaban J connectivity index is 1.80. The number of benzene rings is 1. The summed E-state index contributed by atoms with van der Waals surface area (Å²) in [7, 11) is 0. The van der Waals surface area contributed by atoms with Crippen molar-refractivity contribution in [1.29, 1.82) is 5.41 Å². The SMILES string of the molecule is CC(C)COc1ccc2c(c1)C(=N)C1(CCC(O)CC1)C2. The van der Waals surface area contributed by atoms with Crippen LogP contribution in [0.2, 0.25) is 0 Å². The molecule has 0 radical (unpaired) electrons. The van der Waals surface area contributed by atoms with Crippen LogP contribution in [0.15, 0.2) is 18.2 Å². The van der Waals surface area contributed by atoms with Crippen molar-refractivity contribution in [2.24, 2.45) is 11.3 Å². The van der Waals surface area contributed by atoms with Gasteiger partial charge in [0.15, 0.2) is 0 Å². The van der Waals surface area contributed by atoms with Crippen LogP contribution in [0.1, 0.15) is 50.7 Å². The monoisotopic (exact) mass is 287 g/mol. The number of ether oxygens (including phenoxy) is 1. The van der Waals surface area contributed by atoms with Crippen molar-refractivity contribution in [3.8, 4) is 5.75 Å². The van der Waals surface area contributed by atoms with Crippen LogP contribution in [0.5, 0.6) is 5.75 Å². The van der Waals surface area contributed by atoms with Gasteiger partial charge in [0.1, 0.15) is 5.75 Å². The van der Waals surface area contributed by atoms with Gasteiger partial charge in [-0.3, -0.25) is 0 Å². The number of rotatable bonds is 3. The maximum absolute atomic E-state index is 9.73.